The first-order chi connectivity index (χ1) is 15.8. The van der Waals surface area contributed by atoms with Gasteiger partial charge in [-0.05, 0) is 90.0 Å². The molecule has 3 aromatic carbocycles. The largest absolute Gasteiger partial charge is 0.507 e. The monoisotopic (exact) mass is 634 g/mol. The second-order valence-electron chi connectivity index (χ2n) is 7.39. The molecule has 0 aliphatic heterocycles. The molecule has 1 heterocycles. The molecular weight excluding hydrogens is 615 g/mol. The van der Waals surface area contributed by atoms with E-state index in [0.29, 0.717) is 16.5 Å². The van der Waals surface area contributed by atoms with Crippen LogP contribution in [0, 0.1) is 17.4 Å². The van der Waals surface area contributed by atoms with E-state index in [9.17, 15) is 9.90 Å². The van der Waals surface area contributed by atoms with Crippen molar-refractivity contribution in [3.63, 3.8) is 0 Å². The molecule has 4 rings (SSSR count). The smallest absolute Gasteiger partial charge is 0.234 e. The quantitative estimate of drug-likeness (QED) is 0.191. The van der Waals surface area contributed by atoms with Gasteiger partial charge < -0.3 is 10.4 Å². The van der Waals surface area contributed by atoms with E-state index >= 15 is 0 Å². The highest BCUT2D eigenvalue weighted by molar-refractivity contribution is 14.1. The molecule has 1 amide bonds. The molecule has 168 valence electrons. The maximum atomic E-state index is 12.8. The van der Waals surface area contributed by atoms with Crippen molar-refractivity contribution in [3.05, 3.63) is 79.8 Å². The zero-order valence-electron chi connectivity index (χ0n) is 17.8. The summed E-state index contributed by atoms with van der Waals surface area (Å²) in [6.45, 7) is 3.97. The number of halogens is 2. The molecule has 0 fully saturated rings. The number of thioether (sulfide) groups is 1. The van der Waals surface area contributed by atoms with Gasteiger partial charge >= 0.3 is 0 Å². The third-order valence-corrected chi connectivity index (χ3v) is 6.99. The topological polar surface area (TPSA) is 80.0 Å². The first-order valence-corrected chi connectivity index (χ1v) is 12.9. The summed E-state index contributed by atoms with van der Waals surface area (Å²) >= 11 is 7.01. The number of hydrogen-bond acceptors (Lipinski definition) is 5. The van der Waals surface area contributed by atoms with Crippen LogP contribution in [0.5, 0.6) is 5.75 Å². The molecule has 0 unspecified atom stereocenters. The normalized spacial score (nSPS) is 10.9. The maximum absolute atomic E-state index is 12.8. The van der Waals surface area contributed by atoms with E-state index in [4.69, 9.17) is 0 Å². The Labute approximate surface area is 218 Å². The van der Waals surface area contributed by atoms with Gasteiger partial charge in [0, 0.05) is 19.4 Å². The first kappa shape index (κ1) is 23.8. The molecule has 1 aromatic heterocycles. The van der Waals surface area contributed by atoms with Crippen LogP contribution in [0.2, 0.25) is 0 Å². The van der Waals surface area contributed by atoms with Crippen molar-refractivity contribution >= 4 is 61.9 Å². The number of benzene rings is 3. The molecule has 0 radical (unpaired) electrons. The standard InChI is InChI=1S/C24H20BrIN4O2S/c1-14-10-17(26)11-15(2)22(14)27-21(32)13-33-24-29-28-23(19-12-16(25)8-9-20(19)31)30(24)18-6-4-3-5-7-18/h3-12,31H,13H2,1-2H3,(H,27,32). The predicted octanol–water partition coefficient (Wildman–Crippen LogP) is 6.35. The number of anilines is 1. The molecule has 9 heteroatoms. The maximum Gasteiger partial charge on any atom is 0.234 e. The average Bonchev–Trinajstić information content (AvgIpc) is 3.20. The minimum atomic E-state index is -0.123. The van der Waals surface area contributed by atoms with E-state index < -0.39 is 0 Å². The predicted molar refractivity (Wildman–Crippen MR) is 144 cm³/mol. The highest BCUT2D eigenvalue weighted by Gasteiger charge is 2.20. The fourth-order valence-corrected chi connectivity index (χ4v) is 5.50. The fourth-order valence-electron chi connectivity index (χ4n) is 3.45. The molecule has 33 heavy (non-hydrogen) atoms. The number of amides is 1. The van der Waals surface area contributed by atoms with Crippen molar-refractivity contribution in [2.45, 2.75) is 19.0 Å². The van der Waals surface area contributed by atoms with Gasteiger partial charge in [-0.15, -0.1) is 10.2 Å². The van der Waals surface area contributed by atoms with Crippen LogP contribution in [0.15, 0.2) is 70.3 Å². The molecule has 0 saturated carbocycles. The summed E-state index contributed by atoms with van der Waals surface area (Å²) in [5.41, 5.74) is 4.27. The van der Waals surface area contributed by atoms with Crippen molar-refractivity contribution in [1.82, 2.24) is 14.8 Å². The number of carbonyl (C=O) groups excluding carboxylic acids is 1. The Morgan fingerprint density at radius 2 is 1.79 bits per heavy atom. The Morgan fingerprint density at radius 3 is 2.48 bits per heavy atom. The minimum absolute atomic E-state index is 0.0988. The SMILES string of the molecule is Cc1cc(I)cc(C)c1NC(=O)CSc1nnc(-c2cc(Br)ccc2O)n1-c1ccccc1. The molecule has 2 N–H and O–H groups in total. The number of carbonyl (C=O) groups is 1. The number of aromatic hydroxyl groups is 1. The second-order valence-corrected chi connectivity index (χ2v) is 10.5. The zero-order chi connectivity index (χ0) is 23.5. The van der Waals surface area contributed by atoms with Crippen molar-refractivity contribution in [1.29, 1.82) is 0 Å². The van der Waals surface area contributed by atoms with Crippen molar-refractivity contribution in [3.8, 4) is 22.8 Å². The number of para-hydroxylation sites is 1. The van der Waals surface area contributed by atoms with Crippen LogP contribution in [0.4, 0.5) is 5.69 Å². The first-order valence-electron chi connectivity index (χ1n) is 10.0. The molecule has 4 aromatic rings. The molecule has 0 spiro atoms. The third kappa shape index (κ3) is 5.42. The van der Waals surface area contributed by atoms with Crippen molar-refractivity contribution in [2.75, 3.05) is 11.1 Å². The van der Waals surface area contributed by atoms with Gasteiger partial charge in [0.15, 0.2) is 11.0 Å². The lowest BCUT2D eigenvalue weighted by Gasteiger charge is -2.13. The molecule has 0 saturated heterocycles. The van der Waals surface area contributed by atoms with Gasteiger partial charge in [0.2, 0.25) is 5.91 Å². The van der Waals surface area contributed by atoms with Crippen LogP contribution < -0.4 is 5.32 Å². The lowest BCUT2D eigenvalue weighted by Crippen LogP contribution is -2.16. The fraction of sp³-hybridized carbons (Fsp3) is 0.125. The van der Waals surface area contributed by atoms with Crippen molar-refractivity contribution in [2.24, 2.45) is 0 Å². The van der Waals surface area contributed by atoms with E-state index in [1.165, 1.54) is 11.8 Å². The second kappa shape index (κ2) is 10.3. The van der Waals surface area contributed by atoms with Gasteiger partial charge in [0.05, 0.1) is 11.3 Å². The van der Waals surface area contributed by atoms with E-state index in [-0.39, 0.29) is 17.4 Å². The molecule has 0 aliphatic carbocycles. The van der Waals surface area contributed by atoms with Gasteiger partial charge in [-0.2, -0.15) is 0 Å². The summed E-state index contributed by atoms with van der Waals surface area (Å²) in [5.74, 6) is 0.635. The van der Waals surface area contributed by atoms with E-state index in [1.54, 1.807) is 18.2 Å². The van der Waals surface area contributed by atoms with E-state index in [2.05, 4.69) is 54.0 Å². The number of hydrogen-bond donors (Lipinski definition) is 2. The van der Waals surface area contributed by atoms with Crippen LogP contribution >= 0.6 is 50.3 Å². The summed E-state index contributed by atoms with van der Waals surface area (Å²) in [6.07, 6.45) is 0. The number of aromatic nitrogens is 3. The zero-order valence-corrected chi connectivity index (χ0v) is 22.4. The summed E-state index contributed by atoms with van der Waals surface area (Å²) in [4.78, 5) is 12.8. The molecule has 6 nitrogen and oxygen atoms in total. The lowest BCUT2D eigenvalue weighted by atomic mass is 10.1. The third-order valence-electron chi connectivity index (χ3n) is 4.94. The Morgan fingerprint density at radius 1 is 1.09 bits per heavy atom. The minimum Gasteiger partial charge on any atom is -0.507 e. The molecule has 0 bridgehead atoms. The van der Waals surface area contributed by atoms with Crippen LogP contribution in [0.1, 0.15) is 11.1 Å². The van der Waals surface area contributed by atoms with Crippen LogP contribution in [0.3, 0.4) is 0 Å². The van der Waals surface area contributed by atoms with Gasteiger partial charge in [-0.25, -0.2) is 0 Å². The highest BCUT2D eigenvalue weighted by atomic mass is 127. The van der Waals surface area contributed by atoms with Crippen LogP contribution in [-0.2, 0) is 4.79 Å². The summed E-state index contributed by atoms with van der Waals surface area (Å²) in [5, 5.41) is 22.7. The number of aryl methyl sites for hydroxylation is 2. The Kier molecular flexibility index (Phi) is 7.40. The van der Waals surface area contributed by atoms with Gasteiger partial charge in [-0.1, -0.05) is 45.9 Å². The number of phenols is 1. The summed E-state index contributed by atoms with van der Waals surface area (Å²) in [7, 11) is 0. The number of rotatable bonds is 6. The van der Waals surface area contributed by atoms with Gasteiger partial charge in [0.25, 0.3) is 0 Å². The van der Waals surface area contributed by atoms with Crippen molar-refractivity contribution < 1.29 is 9.90 Å². The highest BCUT2D eigenvalue weighted by Crippen LogP contribution is 2.34. The summed E-state index contributed by atoms with van der Waals surface area (Å²) < 4.78 is 3.80. The lowest BCUT2D eigenvalue weighted by molar-refractivity contribution is -0.113. The molecular formula is C24H20BrIN4O2S. The van der Waals surface area contributed by atoms with E-state index in [1.807, 2.05) is 60.9 Å². The van der Waals surface area contributed by atoms with E-state index in [0.717, 1.165) is 30.5 Å². The van der Waals surface area contributed by atoms with Gasteiger partial charge in [0.1, 0.15) is 5.75 Å². The molecule has 0 atom stereocenters. The van der Waals surface area contributed by atoms with Crippen LogP contribution in [-0.4, -0.2) is 31.5 Å². The Hall–Kier alpha value is -2.37. The Balaban J connectivity index is 1.63. The number of nitrogens with zero attached hydrogens (tertiary/aromatic N) is 3. The average molecular weight is 635 g/mol. The van der Waals surface area contributed by atoms with Crippen LogP contribution in [0.25, 0.3) is 17.1 Å². The molecule has 0 aliphatic rings. The summed E-state index contributed by atoms with van der Waals surface area (Å²) in [6, 6.07) is 18.9. The van der Waals surface area contributed by atoms with Gasteiger partial charge in [-0.3, -0.25) is 9.36 Å². The number of phenolic OH excluding ortho intramolecular Hbond substituents is 1. The Bertz CT molecular complexity index is 1300. The number of nitrogens with one attached hydrogen (secondary N) is 1.